The average molecular weight is 433 g/mol. The number of hydrogen-bond donors (Lipinski definition) is 2. The minimum Gasteiger partial charge on any atom is -0.465 e. The molecule has 166 valence electrons. The first kappa shape index (κ1) is 22.9. The Labute approximate surface area is 188 Å². The molecule has 0 spiro atoms. The van der Waals surface area contributed by atoms with Gasteiger partial charge in [-0.1, -0.05) is 56.7 Å². The van der Waals surface area contributed by atoms with E-state index >= 15 is 0 Å². The van der Waals surface area contributed by atoms with Crippen molar-refractivity contribution in [3.63, 3.8) is 0 Å². The van der Waals surface area contributed by atoms with E-state index in [1.807, 2.05) is 55.5 Å². The van der Waals surface area contributed by atoms with Crippen LogP contribution >= 0.6 is 0 Å². The van der Waals surface area contributed by atoms with Gasteiger partial charge in [0.25, 0.3) is 0 Å². The molecule has 0 radical (unpaired) electrons. The lowest BCUT2D eigenvalue weighted by Crippen LogP contribution is -2.20. The van der Waals surface area contributed by atoms with Crippen molar-refractivity contribution in [3.05, 3.63) is 83.4 Å². The first-order chi connectivity index (χ1) is 15.2. The van der Waals surface area contributed by atoms with Crippen molar-refractivity contribution in [3.8, 4) is 11.5 Å². The zero-order valence-corrected chi connectivity index (χ0v) is 19.0. The summed E-state index contributed by atoms with van der Waals surface area (Å²) in [6.45, 7) is 8.28. The first-order valence-corrected chi connectivity index (χ1v) is 10.3. The third-order valence-corrected chi connectivity index (χ3v) is 4.87. The fourth-order valence-electron chi connectivity index (χ4n) is 3.18. The van der Waals surface area contributed by atoms with Crippen LogP contribution in [-0.4, -0.2) is 19.1 Å². The number of rotatable bonds is 5. The second-order valence-corrected chi connectivity index (χ2v) is 8.50. The number of methoxy groups -OCH3 is 1. The van der Waals surface area contributed by atoms with Crippen LogP contribution in [0.4, 0.5) is 16.2 Å². The minimum absolute atomic E-state index is 0.140. The molecule has 0 aliphatic rings. The Morgan fingerprint density at radius 1 is 0.844 bits per heavy atom. The molecule has 0 unspecified atom stereocenters. The molecule has 32 heavy (non-hydrogen) atoms. The monoisotopic (exact) mass is 432 g/mol. The SMILES string of the molecule is COC(=O)c1ccc(Oc2ccccc2C(C)(C)C)c(NC(=O)Nc2ccc(C)cc2)c1. The van der Waals surface area contributed by atoms with Gasteiger partial charge in [0.1, 0.15) is 5.75 Å². The normalized spacial score (nSPS) is 10.9. The Morgan fingerprint density at radius 2 is 1.53 bits per heavy atom. The van der Waals surface area contributed by atoms with Gasteiger partial charge in [-0.2, -0.15) is 0 Å². The maximum atomic E-state index is 12.7. The topological polar surface area (TPSA) is 76.7 Å². The maximum Gasteiger partial charge on any atom is 0.337 e. The van der Waals surface area contributed by atoms with Gasteiger partial charge in [0.2, 0.25) is 0 Å². The van der Waals surface area contributed by atoms with E-state index in [1.165, 1.54) is 13.2 Å². The lowest BCUT2D eigenvalue weighted by Gasteiger charge is -2.23. The number of urea groups is 1. The highest BCUT2D eigenvalue weighted by atomic mass is 16.5. The number of amides is 2. The summed E-state index contributed by atoms with van der Waals surface area (Å²) < 4.78 is 11.0. The number of hydrogen-bond acceptors (Lipinski definition) is 4. The van der Waals surface area contributed by atoms with E-state index in [4.69, 9.17) is 9.47 Å². The van der Waals surface area contributed by atoms with Crippen LogP contribution in [0.5, 0.6) is 11.5 Å². The number of ether oxygens (including phenoxy) is 2. The van der Waals surface area contributed by atoms with Crippen molar-refractivity contribution in [2.45, 2.75) is 33.1 Å². The Kier molecular flexibility index (Phi) is 6.83. The highest BCUT2D eigenvalue weighted by Gasteiger charge is 2.20. The Bertz CT molecular complexity index is 1120. The summed E-state index contributed by atoms with van der Waals surface area (Å²) >= 11 is 0. The Balaban J connectivity index is 1.92. The number of anilines is 2. The van der Waals surface area contributed by atoms with E-state index in [1.54, 1.807) is 12.1 Å². The van der Waals surface area contributed by atoms with E-state index in [9.17, 15) is 9.59 Å². The van der Waals surface area contributed by atoms with Crippen LogP contribution in [-0.2, 0) is 10.2 Å². The number of esters is 1. The van der Waals surface area contributed by atoms with Crippen LogP contribution in [0.15, 0.2) is 66.7 Å². The van der Waals surface area contributed by atoms with E-state index < -0.39 is 12.0 Å². The summed E-state index contributed by atoms with van der Waals surface area (Å²) in [6.07, 6.45) is 0. The Morgan fingerprint density at radius 3 is 2.19 bits per heavy atom. The minimum atomic E-state index is -0.506. The number of carbonyl (C=O) groups is 2. The van der Waals surface area contributed by atoms with E-state index in [0.29, 0.717) is 28.4 Å². The van der Waals surface area contributed by atoms with Crippen molar-refractivity contribution in [2.75, 3.05) is 17.7 Å². The largest absolute Gasteiger partial charge is 0.465 e. The fourth-order valence-corrected chi connectivity index (χ4v) is 3.18. The molecule has 0 saturated heterocycles. The number of aryl methyl sites for hydroxylation is 1. The van der Waals surface area contributed by atoms with E-state index in [2.05, 4.69) is 31.4 Å². The van der Waals surface area contributed by atoms with Gasteiger partial charge in [-0.25, -0.2) is 9.59 Å². The van der Waals surface area contributed by atoms with Gasteiger partial charge in [-0.3, -0.25) is 0 Å². The predicted octanol–water partition coefficient (Wildman–Crippen LogP) is 6.52. The molecule has 2 N–H and O–H groups in total. The molecule has 0 saturated carbocycles. The molecule has 0 fully saturated rings. The third-order valence-electron chi connectivity index (χ3n) is 4.87. The molecule has 6 heteroatoms. The van der Waals surface area contributed by atoms with Crippen LogP contribution < -0.4 is 15.4 Å². The molecular weight excluding hydrogens is 404 g/mol. The summed E-state index contributed by atoms with van der Waals surface area (Å²) in [5.41, 5.74) is 3.27. The van der Waals surface area contributed by atoms with E-state index in [-0.39, 0.29) is 5.41 Å². The quantitative estimate of drug-likeness (QED) is 0.450. The average Bonchev–Trinajstić information content (AvgIpc) is 2.75. The van der Waals surface area contributed by atoms with E-state index in [0.717, 1.165) is 11.1 Å². The van der Waals surface area contributed by atoms with Crippen LogP contribution in [0.1, 0.15) is 42.3 Å². The molecule has 3 rings (SSSR count). The van der Waals surface area contributed by atoms with Gasteiger partial charge in [0.15, 0.2) is 5.75 Å². The summed E-state index contributed by atoms with van der Waals surface area (Å²) in [4.78, 5) is 24.7. The number of carbonyl (C=O) groups excluding carboxylic acids is 2. The standard InChI is InChI=1S/C26H28N2O4/c1-17-10-13-19(14-11-17)27-25(30)28-21-16-18(24(29)31-5)12-15-23(21)32-22-9-7-6-8-20(22)26(2,3)4/h6-16H,1-5H3,(H2,27,28,30). The van der Waals surface area contributed by atoms with Crippen LogP contribution in [0, 0.1) is 6.92 Å². The maximum absolute atomic E-state index is 12.7. The number of benzene rings is 3. The Hall–Kier alpha value is -3.80. The molecule has 0 heterocycles. The number of para-hydroxylation sites is 1. The summed E-state index contributed by atoms with van der Waals surface area (Å²) in [6, 6.07) is 19.5. The molecule has 3 aromatic carbocycles. The molecule has 6 nitrogen and oxygen atoms in total. The molecule has 2 amide bonds. The second-order valence-electron chi connectivity index (χ2n) is 8.50. The molecular formula is C26H28N2O4. The molecule has 0 aliphatic heterocycles. The summed E-state index contributed by atoms with van der Waals surface area (Å²) in [5, 5.41) is 5.57. The van der Waals surface area contributed by atoms with Gasteiger partial charge < -0.3 is 20.1 Å². The van der Waals surface area contributed by atoms with Gasteiger partial charge in [-0.15, -0.1) is 0 Å². The predicted molar refractivity (Wildman–Crippen MR) is 127 cm³/mol. The highest BCUT2D eigenvalue weighted by molar-refractivity contribution is 6.02. The van der Waals surface area contributed by atoms with Crippen LogP contribution in [0.2, 0.25) is 0 Å². The molecule has 0 aromatic heterocycles. The summed E-state index contributed by atoms with van der Waals surface area (Å²) in [7, 11) is 1.31. The molecule has 3 aromatic rings. The fraction of sp³-hybridized carbons (Fsp3) is 0.231. The van der Waals surface area contributed by atoms with Crippen molar-refractivity contribution in [1.29, 1.82) is 0 Å². The van der Waals surface area contributed by atoms with Crippen LogP contribution in [0.25, 0.3) is 0 Å². The lowest BCUT2D eigenvalue weighted by atomic mass is 9.86. The second kappa shape index (κ2) is 9.56. The zero-order valence-electron chi connectivity index (χ0n) is 19.0. The van der Waals surface area contributed by atoms with Gasteiger partial charge in [0.05, 0.1) is 18.4 Å². The zero-order chi connectivity index (χ0) is 23.3. The summed E-state index contributed by atoms with van der Waals surface area (Å²) in [5.74, 6) is 0.579. The van der Waals surface area contributed by atoms with Crippen molar-refractivity contribution < 1.29 is 19.1 Å². The van der Waals surface area contributed by atoms with Crippen molar-refractivity contribution in [2.24, 2.45) is 0 Å². The lowest BCUT2D eigenvalue weighted by molar-refractivity contribution is 0.0600. The van der Waals surface area contributed by atoms with Crippen molar-refractivity contribution >= 4 is 23.4 Å². The molecule has 0 bridgehead atoms. The van der Waals surface area contributed by atoms with Gasteiger partial charge in [-0.05, 0) is 48.7 Å². The van der Waals surface area contributed by atoms with Gasteiger partial charge >= 0.3 is 12.0 Å². The first-order valence-electron chi connectivity index (χ1n) is 10.3. The third kappa shape index (κ3) is 5.66. The van der Waals surface area contributed by atoms with Gasteiger partial charge in [0, 0.05) is 11.3 Å². The number of nitrogens with one attached hydrogen (secondary N) is 2. The molecule has 0 aliphatic carbocycles. The van der Waals surface area contributed by atoms with Crippen molar-refractivity contribution in [1.82, 2.24) is 0 Å². The smallest absolute Gasteiger partial charge is 0.337 e. The molecule has 0 atom stereocenters. The highest BCUT2D eigenvalue weighted by Crippen LogP contribution is 2.37. The van der Waals surface area contributed by atoms with Crippen LogP contribution in [0.3, 0.4) is 0 Å².